The van der Waals surface area contributed by atoms with Gasteiger partial charge >= 0.3 is 0 Å². The molecule has 1 atom stereocenters. The molecule has 0 heterocycles. The van der Waals surface area contributed by atoms with Crippen molar-refractivity contribution >= 4 is 0 Å². The average Bonchev–Trinajstić information content (AvgIpc) is 2.15. The van der Waals surface area contributed by atoms with E-state index in [0.717, 1.165) is 0 Å². The molecule has 0 aliphatic rings. The van der Waals surface area contributed by atoms with Crippen LogP contribution in [0.3, 0.4) is 0 Å². The first-order valence-electron chi connectivity index (χ1n) is 4.95. The summed E-state index contributed by atoms with van der Waals surface area (Å²) in [5, 5.41) is 0. The standard InChI is InChI=1S/C12H18FNO/c1-12(2,3)11(14)9-6-5-8(15-4)7-10(9)13/h5-7,11H,14H2,1-4H3/t11-/m1/s1. The summed E-state index contributed by atoms with van der Waals surface area (Å²) in [7, 11) is 1.51. The SMILES string of the molecule is COc1ccc([C@@H](N)C(C)(C)C)c(F)c1. The third-order valence-corrected chi connectivity index (χ3v) is 2.48. The molecule has 1 aromatic carbocycles. The van der Waals surface area contributed by atoms with Crippen molar-refractivity contribution in [3.63, 3.8) is 0 Å². The van der Waals surface area contributed by atoms with Crippen LogP contribution < -0.4 is 10.5 Å². The van der Waals surface area contributed by atoms with Crippen LogP contribution in [-0.4, -0.2) is 7.11 Å². The Morgan fingerprint density at radius 2 is 1.93 bits per heavy atom. The molecule has 0 amide bonds. The minimum absolute atomic E-state index is 0.157. The first-order chi connectivity index (χ1) is 6.86. The van der Waals surface area contributed by atoms with E-state index in [-0.39, 0.29) is 17.3 Å². The Morgan fingerprint density at radius 3 is 2.33 bits per heavy atom. The molecule has 15 heavy (non-hydrogen) atoms. The summed E-state index contributed by atoms with van der Waals surface area (Å²) in [5.74, 6) is 0.203. The highest BCUT2D eigenvalue weighted by atomic mass is 19.1. The van der Waals surface area contributed by atoms with E-state index in [1.165, 1.54) is 13.2 Å². The second-order valence-electron chi connectivity index (χ2n) is 4.73. The van der Waals surface area contributed by atoms with Crippen LogP contribution in [0, 0.1) is 11.2 Å². The van der Waals surface area contributed by atoms with Crippen molar-refractivity contribution in [3.05, 3.63) is 29.6 Å². The normalized spacial score (nSPS) is 13.7. The lowest BCUT2D eigenvalue weighted by Crippen LogP contribution is -2.27. The van der Waals surface area contributed by atoms with E-state index < -0.39 is 0 Å². The van der Waals surface area contributed by atoms with Gasteiger partial charge < -0.3 is 10.5 Å². The number of ether oxygens (including phenoxy) is 1. The number of benzene rings is 1. The molecule has 2 N–H and O–H groups in total. The summed E-state index contributed by atoms with van der Waals surface area (Å²) in [6.07, 6.45) is 0. The zero-order valence-electron chi connectivity index (χ0n) is 9.67. The number of methoxy groups -OCH3 is 1. The minimum Gasteiger partial charge on any atom is -0.497 e. The van der Waals surface area contributed by atoms with Crippen LogP contribution in [0.4, 0.5) is 4.39 Å². The third-order valence-electron chi connectivity index (χ3n) is 2.48. The lowest BCUT2D eigenvalue weighted by Gasteiger charge is -2.27. The van der Waals surface area contributed by atoms with Gasteiger partial charge in [-0.05, 0) is 11.5 Å². The topological polar surface area (TPSA) is 35.2 Å². The molecule has 2 nitrogen and oxygen atoms in total. The van der Waals surface area contributed by atoms with Gasteiger partial charge in [0.15, 0.2) is 0 Å². The fourth-order valence-electron chi connectivity index (χ4n) is 1.35. The molecule has 0 aliphatic heterocycles. The van der Waals surface area contributed by atoms with Gasteiger partial charge in [-0.15, -0.1) is 0 Å². The molecule has 0 aliphatic carbocycles. The van der Waals surface area contributed by atoms with Gasteiger partial charge in [0, 0.05) is 17.7 Å². The maximum atomic E-state index is 13.7. The smallest absolute Gasteiger partial charge is 0.131 e. The summed E-state index contributed by atoms with van der Waals surface area (Å²) >= 11 is 0. The highest BCUT2D eigenvalue weighted by Gasteiger charge is 2.24. The van der Waals surface area contributed by atoms with Crippen LogP contribution >= 0.6 is 0 Å². The molecule has 0 bridgehead atoms. The molecule has 0 radical (unpaired) electrons. The van der Waals surface area contributed by atoms with Gasteiger partial charge in [-0.2, -0.15) is 0 Å². The predicted molar refractivity (Wildman–Crippen MR) is 59.3 cm³/mol. The van der Waals surface area contributed by atoms with Crippen LogP contribution in [0.25, 0.3) is 0 Å². The molecule has 84 valence electrons. The zero-order chi connectivity index (χ0) is 11.6. The van der Waals surface area contributed by atoms with Gasteiger partial charge in [-0.25, -0.2) is 4.39 Å². The number of nitrogens with two attached hydrogens (primary N) is 1. The van der Waals surface area contributed by atoms with Crippen LogP contribution in [0.2, 0.25) is 0 Å². The number of rotatable bonds is 2. The lowest BCUT2D eigenvalue weighted by molar-refractivity contribution is 0.318. The monoisotopic (exact) mass is 211 g/mol. The highest BCUT2D eigenvalue weighted by Crippen LogP contribution is 2.32. The predicted octanol–water partition coefficient (Wildman–Crippen LogP) is 2.88. The Morgan fingerprint density at radius 1 is 1.33 bits per heavy atom. The van der Waals surface area contributed by atoms with Crippen molar-refractivity contribution < 1.29 is 9.13 Å². The van der Waals surface area contributed by atoms with E-state index in [1.807, 2.05) is 20.8 Å². The highest BCUT2D eigenvalue weighted by molar-refractivity contribution is 5.31. The number of halogens is 1. The fraction of sp³-hybridized carbons (Fsp3) is 0.500. The van der Waals surface area contributed by atoms with Gasteiger partial charge in [-0.1, -0.05) is 26.8 Å². The van der Waals surface area contributed by atoms with E-state index >= 15 is 0 Å². The van der Waals surface area contributed by atoms with Gasteiger partial charge in [0.2, 0.25) is 0 Å². The molecule has 0 aromatic heterocycles. The van der Waals surface area contributed by atoms with Crippen LogP contribution in [0.15, 0.2) is 18.2 Å². The maximum Gasteiger partial charge on any atom is 0.131 e. The van der Waals surface area contributed by atoms with E-state index in [0.29, 0.717) is 11.3 Å². The van der Waals surface area contributed by atoms with Crippen molar-refractivity contribution in [2.45, 2.75) is 26.8 Å². The molecule has 0 unspecified atom stereocenters. The quantitative estimate of drug-likeness (QED) is 0.816. The second kappa shape index (κ2) is 4.19. The second-order valence-corrected chi connectivity index (χ2v) is 4.73. The van der Waals surface area contributed by atoms with E-state index in [1.54, 1.807) is 12.1 Å². The summed E-state index contributed by atoms with van der Waals surface area (Å²) in [6.45, 7) is 5.96. The minimum atomic E-state index is -0.316. The molecule has 1 aromatic rings. The van der Waals surface area contributed by atoms with Crippen LogP contribution in [0.1, 0.15) is 32.4 Å². The van der Waals surface area contributed by atoms with Gasteiger partial charge in [0.25, 0.3) is 0 Å². The zero-order valence-corrected chi connectivity index (χ0v) is 9.67. The van der Waals surface area contributed by atoms with Crippen LogP contribution in [-0.2, 0) is 0 Å². The summed E-state index contributed by atoms with van der Waals surface area (Å²) in [5.41, 5.74) is 6.36. The van der Waals surface area contributed by atoms with E-state index in [4.69, 9.17) is 10.5 Å². The average molecular weight is 211 g/mol. The Balaban J connectivity index is 3.06. The van der Waals surface area contributed by atoms with Gasteiger partial charge in [0.1, 0.15) is 11.6 Å². The Bertz CT molecular complexity index is 344. The van der Waals surface area contributed by atoms with E-state index in [2.05, 4.69) is 0 Å². The van der Waals surface area contributed by atoms with Gasteiger partial charge in [-0.3, -0.25) is 0 Å². The van der Waals surface area contributed by atoms with Crippen LogP contribution in [0.5, 0.6) is 5.75 Å². The van der Waals surface area contributed by atoms with Crippen molar-refractivity contribution in [3.8, 4) is 5.75 Å². The molecular formula is C12H18FNO. The Kier molecular flexibility index (Phi) is 3.35. The molecular weight excluding hydrogens is 193 g/mol. The van der Waals surface area contributed by atoms with Crippen molar-refractivity contribution in [1.29, 1.82) is 0 Å². The molecule has 3 heteroatoms. The molecule has 0 spiro atoms. The number of hydrogen-bond donors (Lipinski definition) is 1. The third kappa shape index (κ3) is 2.69. The first-order valence-corrected chi connectivity index (χ1v) is 4.95. The molecule has 0 saturated carbocycles. The summed E-state index contributed by atoms with van der Waals surface area (Å²) in [6, 6.07) is 4.46. The van der Waals surface area contributed by atoms with Gasteiger partial charge in [0.05, 0.1) is 7.11 Å². The van der Waals surface area contributed by atoms with E-state index in [9.17, 15) is 4.39 Å². The molecule has 0 fully saturated rings. The molecule has 1 rings (SSSR count). The summed E-state index contributed by atoms with van der Waals surface area (Å²) in [4.78, 5) is 0. The maximum absolute atomic E-state index is 13.7. The largest absolute Gasteiger partial charge is 0.497 e. The summed E-state index contributed by atoms with van der Waals surface area (Å²) < 4.78 is 18.6. The fourth-order valence-corrected chi connectivity index (χ4v) is 1.35. The molecule has 0 saturated heterocycles. The Labute approximate surface area is 90.2 Å². The number of hydrogen-bond acceptors (Lipinski definition) is 2. The van der Waals surface area contributed by atoms with Crippen molar-refractivity contribution in [2.75, 3.05) is 7.11 Å². The van der Waals surface area contributed by atoms with Crippen molar-refractivity contribution in [2.24, 2.45) is 11.1 Å². The Hall–Kier alpha value is -1.09. The van der Waals surface area contributed by atoms with Crippen molar-refractivity contribution in [1.82, 2.24) is 0 Å². The lowest BCUT2D eigenvalue weighted by atomic mass is 9.83. The first kappa shape index (κ1) is 12.0.